The molecule has 5 nitrogen and oxygen atoms in total. The maximum atomic E-state index is 13.2. The van der Waals surface area contributed by atoms with E-state index in [0.29, 0.717) is 11.8 Å². The lowest BCUT2D eigenvalue weighted by molar-refractivity contribution is 0.112. The highest BCUT2D eigenvalue weighted by atomic mass is 19.1. The van der Waals surface area contributed by atoms with Gasteiger partial charge >= 0.3 is 0 Å². The highest BCUT2D eigenvalue weighted by Crippen LogP contribution is 2.28. The third-order valence-corrected chi connectivity index (χ3v) is 6.70. The van der Waals surface area contributed by atoms with Crippen molar-refractivity contribution < 1.29 is 13.6 Å². The predicted molar refractivity (Wildman–Crippen MR) is 179 cm³/mol. The van der Waals surface area contributed by atoms with Gasteiger partial charge in [0.25, 0.3) is 0 Å². The highest BCUT2D eigenvalue weighted by Gasteiger charge is 2.13. The van der Waals surface area contributed by atoms with Crippen LogP contribution in [-0.2, 0) is 0 Å². The minimum Gasteiger partial charge on any atom is -0.397 e. The topological polar surface area (TPSA) is 72.9 Å². The number of nitrogens with two attached hydrogens (primary N) is 1. The van der Waals surface area contributed by atoms with Crippen LogP contribution < -0.4 is 11.1 Å². The van der Waals surface area contributed by atoms with E-state index in [1.165, 1.54) is 36.4 Å². The van der Waals surface area contributed by atoms with Crippen LogP contribution in [0.5, 0.6) is 0 Å². The van der Waals surface area contributed by atoms with Crippen molar-refractivity contribution in [2.75, 3.05) is 11.1 Å². The fourth-order valence-electron chi connectivity index (χ4n) is 4.49. The number of halogens is 2. The molecule has 0 saturated carbocycles. The number of anilines is 3. The van der Waals surface area contributed by atoms with Crippen molar-refractivity contribution in [3.8, 4) is 17.1 Å². The van der Waals surface area contributed by atoms with Crippen LogP contribution in [0, 0.1) is 11.6 Å². The molecule has 0 amide bonds. The Morgan fingerprint density at radius 3 is 1.82 bits per heavy atom. The van der Waals surface area contributed by atoms with Gasteiger partial charge in [0.05, 0.1) is 22.4 Å². The molecule has 45 heavy (non-hydrogen) atoms. The number of nitrogen functional groups attached to an aromatic ring is 1. The molecule has 0 unspecified atom stereocenters. The second-order valence-corrected chi connectivity index (χ2v) is 9.85. The molecule has 0 aliphatic heterocycles. The molecule has 3 N–H and O–H groups in total. The summed E-state index contributed by atoms with van der Waals surface area (Å²) in [6, 6.07) is 47.6. The summed E-state index contributed by atoms with van der Waals surface area (Å²) in [6.07, 6.45) is 0.680. The summed E-state index contributed by atoms with van der Waals surface area (Å²) in [7, 11) is 0. The smallest absolute Gasteiger partial charge is 0.150 e. The number of rotatable bonds is 5. The Morgan fingerprint density at radius 2 is 1.18 bits per heavy atom. The van der Waals surface area contributed by atoms with Gasteiger partial charge in [-0.1, -0.05) is 60.7 Å². The first-order chi connectivity index (χ1) is 22.0. The second-order valence-electron chi connectivity index (χ2n) is 9.85. The molecule has 0 spiro atoms. The molecule has 0 aliphatic carbocycles. The Balaban J connectivity index is 0.000000149. The molecule has 0 bridgehead atoms. The van der Waals surface area contributed by atoms with E-state index in [2.05, 4.69) is 9.88 Å². The summed E-state index contributed by atoms with van der Waals surface area (Å²) < 4.78 is 27.4. The standard InChI is InChI=1S/C19H13FN2.C12H12N2.C7H5FO/c20-15-12-10-14(11-13-15)19-21-17-8-4-5-9-18(17)22(19)16-6-2-1-3-7-16;13-11-8-4-5-9-12(11)14-10-6-2-1-3-7-10;8-7-3-1-6(5-9)2-4-7/h1-13H;1-9,14H,13H2;1-5H. The number of imidazole rings is 1. The quantitative estimate of drug-likeness (QED) is 0.153. The molecule has 1 aromatic heterocycles. The molecule has 1 heterocycles. The van der Waals surface area contributed by atoms with Crippen molar-refractivity contribution in [1.82, 2.24) is 9.55 Å². The highest BCUT2D eigenvalue weighted by molar-refractivity contribution is 5.83. The maximum Gasteiger partial charge on any atom is 0.150 e. The largest absolute Gasteiger partial charge is 0.397 e. The van der Waals surface area contributed by atoms with E-state index in [1.807, 2.05) is 109 Å². The molecule has 0 radical (unpaired) electrons. The van der Waals surface area contributed by atoms with Crippen LogP contribution >= 0.6 is 0 Å². The number of benzene rings is 6. The van der Waals surface area contributed by atoms with Crippen molar-refractivity contribution in [3.05, 3.63) is 175 Å². The van der Waals surface area contributed by atoms with Gasteiger partial charge in [-0.25, -0.2) is 13.8 Å². The number of nitrogens with zero attached hydrogens (tertiary/aromatic N) is 2. The number of fused-ring (bicyclic) bond motifs is 1. The number of carbonyl (C=O) groups excluding carboxylic acids is 1. The zero-order chi connectivity index (χ0) is 31.4. The molecule has 7 rings (SSSR count). The average Bonchev–Trinajstić information content (AvgIpc) is 3.48. The normalized spacial score (nSPS) is 10.2. The zero-order valence-electron chi connectivity index (χ0n) is 24.2. The van der Waals surface area contributed by atoms with E-state index < -0.39 is 0 Å². The summed E-state index contributed by atoms with van der Waals surface area (Å²) in [5.74, 6) is 0.249. The number of carbonyl (C=O) groups is 1. The van der Waals surface area contributed by atoms with Crippen molar-refractivity contribution >= 4 is 34.4 Å². The Labute approximate surface area is 260 Å². The molecular formula is C38H30F2N4O. The molecule has 6 aromatic carbocycles. The number of aldehydes is 1. The van der Waals surface area contributed by atoms with Crippen LogP contribution in [0.3, 0.4) is 0 Å². The number of aromatic nitrogens is 2. The summed E-state index contributed by atoms with van der Waals surface area (Å²) in [4.78, 5) is 14.7. The molecule has 0 fully saturated rings. The minimum atomic E-state index is -0.319. The van der Waals surface area contributed by atoms with Gasteiger partial charge in [0.15, 0.2) is 0 Å². The van der Waals surface area contributed by atoms with Crippen molar-refractivity contribution in [1.29, 1.82) is 0 Å². The third-order valence-electron chi connectivity index (χ3n) is 6.70. The molecule has 7 aromatic rings. The van der Waals surface area contributed by atoms with Gasteiger partial charge in [-0.05, 0) is 97.1 Å². The lowest BCUT2D eigenvalue weighted by atomic mass is 10.2. The monoisotopic (exact) mass is 596 g/mol. The van der Waals surface area contributed by atoms with E-state index in [9.17, 15) is 13.6 Å². The third kappa shape index (κ3) is 8.06. The van der Waals surface area contributed by atoms with Gasteiger partial charge in [0, 0.05) is 22.5 Å². The van der Waals surface area contributed by atoms with Gasteiger partial charge in [0.1, 0.15) is 23.7 Å². The van der Waals surface area contributed by atoms with Crippen molar-refractivity contribution in [3.63, 3.8) is 0 Å². The SMILES string of the molecule is Fc1ccc(-c2nc3ccccc3n2-c2ccccc2)cc1.Nc1ccccc1Nc1ccccc1.O=Cc1ccc(F)cc1. The number of hydrogen-bond donors (Lipinski definition) is 2. The second kappa shape index (κ2) is 14.9. The first kappa shape index (κ1) is 30.4. The molecule has 0 atom stereocenters. The Bertz CT molecular complexity index is 1960. The molecule has 7 heteroatoms. The van der Waals surface area contributed by atoms with Crippen LogP contribution in [0.25, 0.3) is 28.1 Å². The predicted octanol–water partition coefficient (Wildman–Crippen LogP) is 9.48. The Kier molecular flexibility index (Phi) is 10.1. The Morgan fingerprint density at radius 1 is 0.622 bits per heavy atom. The maximum absolute atomic E-state index is 13.2. The number of nitrogens with one attached hydrogen (secondary N) is 1. The molecule has 222 valence electrons. The molecule has 0 saturated heterocycles. The van der Waals surface area contributed by atoms with Gasteiger partial charge in [-0.2, -0.15) is 0 Å². The van der Waals surface area contributed by atoms with Gasteiger partial charge in [-0.3, -0.25) is 9.36 Å². The summed E-state index contributed by atoms with van der Waals surface area (Å²) in [6.45, 7) is 0. The fraction of sp³-hybridized carbons (Fsp3) is 0. The van der Waals surface area contributed by atoms with E-state index in [4.69, 9.17) is 10.7 Å². The number of hydrogen-bond acceptors (Lipinski definition) is 4. The fourth-order valence-corrected chi connectivity index (χ4v) is 4.49. The van der Waals surface area contributed by atoms with Crippen LogP contribution in [-0.4, -0.2) is 15.8 Å². The first-order valence-electron chi connectivity index (χ1n) is 14.2. The van der Waals surface area contributed by atoms with Gasteiger partial charge in [0.2, 0.25) is 0 Å². The van der Waals surface area contributed by atoms with Crippen molar-refractivity contribution in [2.45, 2.75) is 0 Å². The molecular weight excluding hydrogens is 566 g/mol. The molecule has 0 aliphatic rings. The number of para-hydroxylation sites is 6. The Hall–Kier alpha value is -6.08. The zero-order valence-corrected chi connectivity index (χ0v) is 24.2. The van der Waals surface area contributed by atoms with Crippen LogP contribution in [0.2, 0.25) is 0 Å². The van der Waals surface area contributed by atoms with E-state index in [1.54, 1.807) is 12.1 Å². The van der Waals surface area contributed by atoms with Crippen molar-refractivity contribution in [2.24, 2.45) is 0 Å². The summed E-state index contributed by atoms with van der Waals surface area (Å²) in [5, 5.41) is 3.25. The van der Waals surface area contributed by atoms with Crippen LogP contribution in [0.15, 0.2) is 158 Å². The van der Waals surface area contributed by atoms with Gasteiger partial charge < -0.3 is 11.1 Å². The van der Waals surface area contributed by atoms with E-state index in [-0.39, 0.29) is 11.6 Å². The van der Waals surface area contributed by atoms with Gasteiger partial charge in [-0.15, -0.1) is 0 Å². The van der Waals surface area contributed by atoms with Crippen LogP contribution in [0.4, 0.5) is 25.8 Å². The lowest BCUT2D eigenvalue weighted by Gasteiger charge is -2.09. The summed E-state index contributed by atoms with van der Waals surface area (Å²) >= 11 is 0. The van der Waals surface area contributed by atoms with Crippen LogP contribution in [0.1, 0.15) is 10.4 Å². The lowest BCUT2D eigenvalue weighted by Crippen LogP contribution is -1.97. The first-order valence-corrected chi connectivity index (χ1v) is 14.2. The minimum absolute atomic E-state index is 0.244. The summed E-state index contributed by atoms with van der Waals surface area (Å²) in [5.41, 5.74) is 12.9. The average molecular weight is 597 g/mol. The van der Waals surface area contributed by atoms with E-state index >= 15 is 0 Å². The van der Waals surface area contributed by atoms with E-state index in [0.717, 1.165) is 45.2 Å².